The molecule has 5 rings (SSSR count). The molecule has 1 aliphatic rings. The molecule has 3 heterocycles. The third-order valence-electron chi connectivity index (χ3n) is 5.15. The van der Waals surface area contributed by atoms with Crippen molar-refractivity contribution in [3.8, 4) is 5.69 Å². The van der Waals surface area contributed by atoms with Crippen molar-refractivity contribution in [3.63, 3.8) is 0 Å². The average molecular weight is 372 g/mol. The molecular formula is C21H20N6O. The van der Waals surface area contributed by atoms with Crippen molar-refractivity contribution < 1.29 is 4.79 Å². The minimum atomic E-state index is -0.0767. The van der Waals surface area contributed by atoms with Gasteiger partial charge in [-0.1, -0.05) is 23.4 Å². The van der Waals surface area contributed by atoms with Crippen LogP contribution < -0.4 is 5.32 Å². The van der Waals surface area contributed by atoms with Crippen LogP contribution in [0.2, 0.25) is 0 Å². The lowest BCUT2D eigenvalue weighted by Gasteiger charge is -2.20. The van der Waals surface area contributed by atoms with Crippen LogP contribution >= 0.6 is 0 Å². The van der Waals surface area contributed by atoms with Gasteiger partial charge in [0, 0.05) is 30.0 Å². The van der Waals surface area contributed by atoms with E-state index in [4.69, 9.17) is 0 Å². The lowest BCUT2D eigenvalue weighted by Crippen LogP contribution is -2.34. The Labute approximate surface area is 162 Å². The molecule has 0 radical (unpaired) electrons. The van der Waals surface area contributed by atoms with Crippen LogP contribution in [0.4, 0.5) is 10.5 Å². The summed E-state index contributed by atoms with van der Waals surface area (Å²) in [6, 6.07) is 18.1. The molecule has 0 aliphatic carbocycles. The van der Waals surface area contributed by atoms with Crippen LogP contribution in [0.5, 0.6) is 0 Å². The molecule has 140 valence electrons. The molecule has 7 heteroatoms. The van der Waals surface area contributed by atoms with Crippen molar-refractivity contribution in [1.82, 2.24) is 24.5 Å². The number of urea groups is 1. The highest BCUT2D eigenvalue weighted by Crippen LogP contribution is 2.24. The molecule has 28 heavy (non-hydrogen) atoms. The number of nitrogens with zero attached hydrogens (tertiary/aromatic N) is 5. The molecular weight excluding hydrogens is 352 g/mol. The van der Waals surface area contributed by atoms with E-state index in [2.05, 4.69) is 50.5 Å². The number of hydrogen-bond acceptors (Lipinski definition) is 3. The molecule has 0 saturated carbocycles. The molecule has 2 aromatic heterocycles. The Hall–Kier alpha value is -3.61. The van der Waals surface area contributed by atoms with Gasteiger partial charge in [-0.15, -0.1) is 5.10 Å². The van der Waals surface area contributed by atoms with Crippen LogP contribution in [0.1, 0.15) is 12.1 Å². The number of para-hydroxylation sites is 1. The van der Waals surface area contributed by atoms with Gasteiger partial charge in [-0.3, -0.25) is 0 Å². The maximum absolute atomic E-state index is 12.8. The third kappa shape index (κ3) is 3.00. The zero-order valence-electron chi connectivity index (χ0n) is 15.3. The van der Waals surface area contributed by atoms with E-state index < -0.39 is 0 Å². The Morgan fingerprint density at radius 1 is 1.04 bits per heavy atom. The van der Waals surface area contributed by atoms with Gasteiger partial charge in [-0.05, 0) is 48.2 Å². The summed E-state index contributed by atoms with van der Waals surface area (Å²) >= 11 is 0. The van der Waals surface area contributed by atoms with Gasteiger partial charge in [0.1, 0.15) is 0 Å². The number of amides is 2. The molecule has 4 aromatic rings. The molecule has 7 nitrogen and oxygen atoms in total. The second-order valence-corrected chi connectivity index (χ2v) is 6.95. The van der Waals surface area contributed by atoms with Crippen LogP contribution in [0.3, 0.4) is 0 Å². The first-order chi connectivity index (χ1) is 13.8. The summed E-state index contributed by atoms with van der Waals surface area (Å²) in [5, 5.41) is 12.0. The highest BCUT2D eigenvalue weighted by atomic mass is 16.2. The molecule has 2 aromatic carbocycles. The van der Waals surface area contributed by atoms with E-state index in [0.29, 0.717) is 6.54 Å². The second kappa shape index (κ2) is 6.84. The van der Waals surface area contributed by atoms with Crippen molar-refractivity contribution in [2.75, 3.05) is 11.9 Å². The van der Waals surface area contributed by atoms with Gasteiger partial charge in [0.25, 0.3) is 0 Å². The zero-order chi connectivity index (χ0) is 18.9. The molecule has 0 bridgehead atoms. The topological polar surface area (TPSA) is 68.0 Å². The monoisotopic (exact) mass is 372 g/mol. The van der Waals surface area contributed by atoms with Crippen molar-refractivity contribution in [1.29, 1.82) is 0 Å². The Kier molecular flexibility index (Phi) is 4.05. The van der Waals surface area contributed by atoms with Gasteiger partial charge in [0.2, 0.25) is 0 Å². The third-order valence-corrected chi connectivity index (χ3v) is 5.15. The standard InChI is InChI=1S/C21H20N6O/c28-21(23-17-6-8-18(9-7-17)27-13-10-22-24-27)25-11-3-12-26-19(15-25)14-16-4-1-2-5-20(16)26/h1-2,4-10,13-14H,3,11-12,15H2,(H,23,28). The number of aryl methyl sites for hydroxylation is 1. The first-order valence-corrected chi connectivity index (χ1v) is 9.38. The number of carbonyl (C=O) groups is 1. The van der Waals surface area contributed by atoms with Gasteiger partial charge in [-0.25, -0.2) is 9.48 Å². The van der Waals surface area contributed by atoms with Crippen LogP contribution in [0, 0.1) is 0 Å². The number of aromatic nitrogens is 4. The summed E-state index contributed by atoms with van der Waals surface area (Å²) in [5.74, 6) is 0. The fraction of sp³-hybridized carbons (Fsp3) is 0.190. The molecule has 0 atom stereocenters. The average Bonchev–Trinajstić information content (AvgIpc) is 3.32. The van der Waals surface area contributed by atoms with Crippen molar-refractivity contribution in [3.05, 3.63) is 72.7 Å². The van der Waals surface area contributed by atoms with Crippen molar-refractivity contribution in [2.45, 2.75) is 19.5 Å². The molecule has 0 spiro atoms. The molecule has 0 unspecified atom stereocenters. The van der Waals surface area contributed by atoms with Crippen molar-refractivity contribution in [2.24, 2.45) is 0 Å². The summed E-state index contributed by atoms with van der Waals surface area (Å²) in [6.45, 7) is 2.27. The summed E-state index contributed by atoms with van der Waals surface area (Å²) in [4.78, 5) is 14.7. The first kappa shape index (κ1) is 16.6. The smallest absolute Gasteiger partial charge is 0.322 e. The van der Waals surface area contributed by atoms with Crippen LogP contribution in [0.15, 0.2) is 67.0 Å². The highest BCUT2D eigenvalue weighted by molar-refractivity contribution is 5.89. The second-order valence-electron chi connectivity index (χ2n) is 6.95. The summed E-state index contributed by atoms with van der Waals surface area (Å²) in [6.07, 6.45) is 4.35. The maximum atomic E-state index is 12.8. The molecule has 1 N–H and O–H groups in total. The lowest BCUT2D eigenvalue weighted by molar-refractivity contribution is 0.210. The minimum Gasteiger partial charge on any atom is -0.343 e. The summed E-state index contributed by atoms with van der Waals surface area (Å²) in [5.41, 5.74) is 4.08. The Morgan fingerprint density at radius 3 is 2.71 bits per heavy atom. The van der Waals surface area contributed by atoms with E-state index >= 15 is 0 Å². The molecule has 0 saturated heterocycles. The fourth-order valence-electron chi connectivity index (χ4n) is 3.78. The quantitative estimate of drug-likeness (QED) is 0.584. The largest absolute Gasteiger partial charge is 0.343 e. The van der Waals surface area contributed by atoms with Crippen molar-refractivity contribution >= 4 is 22.6 Å². The molecule has 2 amide bonds. The summed E-state index contributed by atoms with van der Waals surface area (Å²) in [7, 11) is 0. The summed E-state index contributed by atoms with van der Waals surface area (Å²) < 4.78 is 4.01. The minimum absolute atomic E-state index is 0.0767. The predicted molar refractivity (Wildman–Crippen MR) is 107 cm³/mol. The van der Waals surface area contributed by atoms with E-state index in [1.54, 1.807) is 17.1 Å². The van der Waals surface area contributed by atoms with Gasteiger partial charge in [0.15, 0.2) is 0 Å². The van der Waals surface area contributed by atoms with Gasteiger partial charge in [-0.2, -0.15) is 0 Å². The number of anilines is 1. The van der Waals surface area contributed by atoms with Crippen LogP contribution in [0.25, 0.3) is 16.6 Å². The van der Waals surface area contributed by atoms with Crippen LogP contribution in [-0.2, 0) is 13.1 Å². The number of nitrogens with one attached hydrogen (secondary N) is 1. The Balaban J connectivity index is 1.32. The highest BCUT2D eigenvalue weighted by Gasteiger charge is 2.20. The van der Waals surface area contributed by atoms with E-state index in [9.17, 15) is 4.79 Å². The van der Waals surface area contributed by atoms with E-state index in [1.165, 1.54) is 16.6 Å². The number of hydrogen-bond donors (Lipinski definition) is 1. The zero-order valence-corrected chi connectivity index (χ0v) is 15.3. The number of rotatable bonds is 2. The van der Waals surface area contributed by atoms with E-state index in [-0.39, 0.29) is 6.03 Å². The van der Waals surface area contributed by atoms with Gasteiger partial charge in [0.05, 0.1) is 24.6 Å². The molecule has 1 aliphatic heterocycles. The maximum Gasteiger partial charge on any atom is 0.322 e. The number of carbonyl (C=O) groups excluding carboxylic acids is 1. The SMILES string of the molecule is O=C(Nc1ccc(-n2ccnn2)cc1)N1CCCn2c(cc3ccccc32)C1. The van der Waals surface area contributed by atoms with Crippen LogP contribution in [-0.4, -0.2) is 37.0 Å². The predicted octanol–water partition coefficient (Wildman–Crippen LogP) is 3.66. The number of fused-ring (bicyclic) bond motifs is 3. The van der Waals surface area contributed by atoms with E-state index in [0.717, 1.165) is 30.9 Å². The Bertz CT molecular complexity index is 1110. The number of benzene rings is 2. The van der Waals surface area contributed by atoms with Gasteiger partial charge >= 0.3 is 6.03 Å². The van der Waals surface area contributed by atoms with Gasteiger partial charge < -0.3 is 14.8 Å². The first-order valence-electron chi connectivity index (χ1n) is 9.38. The lowest BCUT2D eigenvalue weighted by atomic mass is 10.2. The molecule has 0 fully saturated rings. The fourth-order valence-corrected chi connectivity index (χ4v) is 3.78. The van der Waals surface area contributed by atoms with E-state index in [1.807, 2.05) is 29.2 Å². The Morgan fingerprint density at radius 2 is 1.89 bits per heavy atom. The normalized spacial score (nSPS) is 13.9.